The molecule has 0 aliphatic heterocycles. The number of nitriles is 1. The van der Waals surface area contributed by atoms with Gasteiger partial charge in [-0.15, -0.1) is 0 Å². The zero-order valence-electron chi connectivity index (χ0n) is 17.1. The predicted molar refractivity (Wildman–Crippen MR) is 119 cm³/mol. The molecular formula is C24H19N3O5. The molecule has 3 aromatic rings. The molecule has 3 rings (SSSR count). The molecule has 8 heteroatoms. The van der Waals surface area contributed by atoms with Crippen LogP contribution in [0.5, 0.6) is 11.5 Å². The number of anilines is 1. The molecule has 0 unspecified atom stereocenters. The minimum Gasteiger partial charge on any atom is -0.493 e. The highest BCUT2D eigenvalue weighted by Crippen LogP contribution is 2.30. The van der Waals surface area contributed by atoms with E-state index in [1.807, 2.05) is 36.4 Å². The fourth-order valence-electron chi connectivity index (χ4n) is 2.87. The Kier molecular flexibility index (Phi) is 7.17. The fourth-order valence-corrected chi connectivity index (χ4v) is 2.87. The Morgan fingerprint density at radius 3 is 2.50 bits per heavy atom. The second-order valence-electron chi connectivity index (χ2n) is 6.58. The summed E-state index contributed by atoms with van der Waals surface area (Å²) in [5.41, 5.74) is 1.05. The summed E-state index contributed by atoms with van der Waals surface area (Å²) in [5.74, 6) is 0.188. The van der Waals surface area contributed by atoms with Crippen LogP contribution in [0.4, 0.5) is 11.4 Å². The van der Waals surface area contributed by atoms with E-state index >= 15 is 0 Å². The minimum atomic E-state index is -0.759. The Morgan fingerprint density at radius 1 is 1.09 bits per heavy atom. The van der Waals surface area contributed by atoms with E-state index in [9.17, 15) is 20.2 Å². The number of hydrogen-bond donors (Lipinski definition) is 1. The van der Waals surface area contributed by atoms with Gasteiger partial charge in [0, 0.05) is 6.07 Å². The summed E-state index contributed by atoms with van der Waals surface area (Å²) in [6.07, 6.45) is 1.37. The molecule has 0 fully saturated rings. The lowest BCUT2D eigenvalue weighted by Crippen LogP contribution is -2.14. The number of nitro benzene ring substituents is 1. The maximum Gasteiger partial charge on any atom is 0.292 e. The van der Waals surface area contributed by atoms with E-state index in [1.165, 1.54) is 31.4 Å². The molecule has 0 aliphatic rings. The molecule has 0 radical (unpaired) electrons. The van der Waals surface area contributed by atoms with Gasteiger partial charge >= 0.3 is 0 Å². The highest BCUT2D eigenvalue weighted by atomic mass is 16.6. The molecule has 0 bridgehead atoms. The van der Waals surface area contributed by atoms with E-state index in [1.54, 1.807) is 24.3 Å². The van der Waals surface area contributed by atoms with Crippen LogP contribution in [0.3, 0.4) is 0 Å². The van der Waals surface area contributed by atoms with E-state index < -0.39 is 10.8 Å². The van der Waals surface area contributed by atoms with Crippen molar-refractivity contribution in [3.63, 3.8) is 0 Å². The number of para-hydroxylation sites is 2. The summed E-state index contributed by atoms with van der Waals surface area (Å²) < 4.78 is 11.2. The van der Waals surface area contributed by atoms with Crippen molar-refractivity contribution >= 4 is 23.4 Å². The van der Waals surface area contributed by atoms with E-state index in [2.05, 4.69) is 5.32 Å². The van der Waals surface area contributed by atoms with Gasteiger partial charge in [0.1, 0.15) is 23.9 Å². The summed E-state index contributed by atoms with van der Waals surface area (Å²) in [6, 6.07) is 22.2. The van der Waals surface area contributed by atoms with Crippen molar-refractivity contribution in [2.24, 2.45) is 0 Å². The van der Waals surface area contributed by atoms with Crippen LogP contribution in [0, 0.1) is 21.4 Å². The van der Waals surface area contributed by atoms with Gasteiger partial charge in [0.2, 0.25) is 0 Å². The number of hydrogen-bond acceptors (Lipinski definition) is 6. The Morgan fingerprint density at radius 2 is 1.81 bits per heavy atom. The fraction of sp³-hybridized carbons (Fsp3) is 0.0833. The molecule has 0 aliphatic carbocycles. The van der Waals surface area contributed by atoms with Crippen LogP contribution in [0.15, 0.2) is 78.4 Å². The number of nitro groups is 1. The lowest BCUT2D eigenvalue weighted by Gasteiger charge is -2.11. The van der Waals surface area contributed by atoms with Crippen molar-refractivity contribution in [3.8, 4) is 17.6 Å². The molecular weight excluding hydrogens is 410 g/mol. The molecule has 1 N–H and O–H groups in total. The molecule has 0 saturated carbocycles. The first-order valence-corrected chi connectivity index (χ1v) is 9.53. The second-order valence-corrected chi connectivity index (χ2v) is 6.58. The predicted octanol–water partition coefficient (Wildman–Crippen LogP) is 4.73. The van der Waals surface area contributed by atoms with Gasteiger partial charge in [-0.25, -0.2) is 0 Å². The Bertz CT molecular complexity index is 1200. The molecule has 160 valence electrons. The third-order valence-electron chi connectivity index (χ3n) is 4.45. The van der Waals surface area contributed by atoms with Crippen LogP contribution >= 0.6 is 0 Å². The number of rotatable bonds is 8. The normalized spacial score (nSPS) is 10.7. The van der Waals surface area contributed by atoms with Crippen molar-refractivity contribution in [1.82, 2.24) is 0 Å². The zero-order chi connectivity index (χ0) is 22.9. The summed E-state index contributed by atoms with van der Waals surface area (Å²) in [6.45, 7) is 0.355. The topological polar surface area (TPSA) is 114 Å². The SMILES string of the molecule is COc1cc(/C=C(\C#N)C(=O)Nc2ccccc2[N+](=O)[O-])ccc1OCc1ccccc1. The van der Waals surface area contributed by atoms with Crippen molar-refractivity contribution in [2.45, 2.75) is 6.61 Å². The number of ether oxygens (including phenoxy) is 2. The average molecular weight is 429 g/mol. The summed E-state index contributed by atoms with van der Waals surface area (Å²) in [4.78, 5) is 23.0. The van der Waals surface area contributed by atoms with Crippen LogP contribution < -0.4 is 14.8 Å². The average Bonchev–Trinajstić information content (AvgIpc) is 2.82. The number of nitrogens with one attached hydrogen (secondary N) is 1. The van der Waals surface area contributed by atoms with Gasteiger partial charge in [-0.1, -0.05) is 48.5 Å². The molecule has 32 heavy (non-hydrogen) atoms. The summed E-state index contributed by atoms with van der Waals surface area (Å²) >= 11 is 0. The van der Waals surface area contributed by atoms with Crippen LogP contribution in [0.25, 0.3) is 6.08 Å². The maximum atomic E-state index is 12.5. The number of carbonyl (C=O) groups excluding carboxylic acids is 1. The van der Waals surface area contributed by atoms with Crippen molar-refractivity contribution in [2.75, 3.05) is 12.4 Å². The summed E-state index contributed by atoms with van der Waals surface area (Å²) in [7, 11) is 1.49. The van der Waals surface area contributed by atoms with E-state index in [0.29, 0.717) is 23.7 Å². The number of nitrogens with zero attached hydrogens (tertiary/aromatic N) is 2. The van der Waals surface area contributed by atoms with Crippen molar-refractivity contribution in [3.05, 3.63) is 99.6 Å². The van der Waals surface area contributed by atoms with Gasteiger partial charge in [-0.2, -0.15) is 5.26 Å². The number of amides is 1. The van der Waals surface area contributed by atoms with Crippen LogP contribution in [-0.2, 0) is 11.4 Å². The maximum absolute atomic E-state index is 12.5. The van der Waals surface area contributed by atoms with Gasteiger partial charge in [0.05, 0.1) is 12.0 Å². The second kappa shape index (κ2) is 10.4. The largest absolute Gasteiger partial charge is 0.493 e. The molecule has 1 amide bonds. The summed E-state index contributed by atoms with van der Waals surface area (Å²) in [5, 5.41) is 23.0. The van der Waals surface area contributed by atoms with E-state index in [0.717, 1.165) is 5.56 Å². The zero-order valence-corrected chi connectivity index (χ0v) is 17.1. The van der Waals surface area contributed by atoms with Crippen molar-refractivity contribution < 1.29 is 19.2 Å². The van der Waals surface area contributed by atoms with Crippen molar-refractivity contribution in [1.29, 1.82) is 5.26 Å². The Balaban J connectivity index is 1.78. The first-order chi connectivity index (χ1) is 15.5. The van der Waals surface area contributed by atoms with E-state index in [-0.39, 0.29) is 16.9 Å². The van der Waals surface area contributed by atoms with Crippen LogP contribution in [-0.4, -0.2) is 17.9 Å². The van der Waals surface area contributed by atoms with E-state index in [4.69, 9.17) is 9.47 Å². The molecule has 8 nitrogen and oxygen atoms in total. The van der Waals surface area contributed by atoms with Crippen LogP contribution in [0.1, 0.15) is 11.1 Å². The van der Waals surface area contributed by atoms with Gasteiger partial charge in [-0.05, 0) is 35.4 Å². The molecule has 0 saturated heterocycles. The van der Waals surface area contributed by atoms with Gasteiger partial charge in [0.15, 0.2) is 11.5 Å². The molecule has 0 aromatic heterocycles. The smallest absolute Gasteiger partial charge is 0.292 e. The third kappa shape index (κ3) is 5.49. The molecule has 0 spiro atoms. The van der Waals surface area contributed by atoms with Crippen LogP contribution in [0.2, 0.25) is 0 Å². The minimum absolute atomic E-state index is 0.00545. The third-order valence-corrected chi connectivity index (χ3v) is 4.45. The highest BCUT2D eigenvalue weighted by Gasteiger charge is 2.17. The quantitative estimate of drug-likeness (QED) is 0.240. The van der Waals surface area contributed by atoms with Gasteiger partial charge in [-0.3, -0.25) is 14.9 Å². The molecule has 3 aromatic carbocycles. The standard InChI is InChI=1S/C24H19N3O5/c1-31-23-14-18(11-12-22(23)32-16-17-7-3-2-4-8-17)13-19(15-25)24(28)26-20-9-5-6-10-21(20)27(29)30/h2-14H,16H2,1H3,(H,26,28)/b19-13+. The first-order valence-electron chi connectivity index (χ1n) is 9.53. The molecule has 0 atom stereocenters. The number of benzene rings is 3. The lowest BCUT2D eigenvalue weighted by molar-refractivity contribution is -0.383. The number of carbonyl (C=O) groups is 1. The van der Waals surface area contributed by atoms with Gasteiger partial charge in [0.25, 0.3) is 11.6 Å². The highest BCUT2D eigenvalue weighted by molar-refractivity contribution is 6.10. The Hall–Kier alpha value is -4.64. The number of methoxy groups -OCH3 is 1. The Labute approximate surface area is 184 Å². The lowest BCUT2D eigenvalue weighted by atomic mass is 10.1. The molecule has 0 heterocycles. The first kappa shape index (κ1) is 22.1. The van der Waals surface area contributed by atoms with Gasteiger partial charge < -0.3 is 14.8 Å². The monoisotopic (exact) mass is 429 g/mol.